The van der Waals surface area contributed by atoms with E-state index in [-0.39, 0.29) is 50.4 Å². The number of phenols is 1. The lowest BCUT2D eigenvalue weighted by atomic mass is 9.78. The smallest absolute Gasteiger partial charge is 0.308 e. The van der Waals surface area contributed by atoms with Crippen molar-refractivity contribution >= 4 is 29.7 Å². The topological polar surface area (TPSA) is 200 Å². The van der Waals surface area contributed by atoms with E-state index in [1.165, 1.54) is 26.0 Å². The Hall–Kier alpha value is -4.43. The van der Waals surface area contributed by atoms with E-state index in [9.17, 15) is 45.0 Å². The molecule has 1 heterocycles. The molecule has 0 spiro atoms. The zero-order valence-corrected chi connectivity index (χ0v) is 23.8. The number of aromatic hydroxyl groups is 1. The second-order valence-corrected chi connectivity index (χ2v) is 10.6. The fourth-order valence-corrected chi connectivity index (χ4v) is 5.33. The minimum atomic E-state index is -3.01. The highest BCUT2D eigenvalue weighted by molar-refractivity contribution is 6.31. The number of aliphatic hydroxyl groups is 5. The third kappa shape index (κ3) is 5.17. The zero-order chi connectivity index (χ0) is 32.1. The van der Waals surface area contributed by atoms with Crippen LogP contribution in [0.5, 0.6) is 17.2 Å². The molecule has 2 aliphatic rings. The van der Waals surface area contributed by atoms with Gasteiger partial charge in [-0.05, 0) is 43.2 Å². The molecule has 0 radical (unpaired) electrons. The van der Waals surface area contributed by atoms with E-state index in [2.05, 4.69) is 0 Å². The number of fused-ring (bicyclic) bond motifs is 2. The second kappa shape index (κ2) is 11.6. The quantitative estimate of drug-likeness (QED) is 0.0803. The highest BCUT2D eigenvalue weighted by Crippen LogP contribution is 2.44. The molecule has 44 heavy (non-hydrogen) atoms. The molecule has 0 bridgehead atoms. The molecule has 0 saturated carbocycles. The van der Waals surface area contributed by atoms with Crippen molar-refractivity contribution in [2.45, 2.75) is 57.8 Å². The van der Waals surface area contributed by atoms with Gasteiger partial charge < -0.3 is 44.8 Å². The number of hydrogen-bond acceptors (Lipinski definition) is 12. The number of esters is 1. The minimum Gasteiger partial charge on any atom is -0.507 e. The molecule has 1 aliphatic carbocycles. The number of rotatable bonds is 6. The number of aliphatic hydroxyl groups excluding tert-OH is 3. The first-order chi connectivity index (χ1) is 20.8. The normalized spacial score (nSPS) is 22.5. The van der Waals surface area contributed by atoms with Crippen LogP contribution in [0.3, 0.4) is 0 Å². The molecule has 4 atom stereocenters. The maximum Gasteiger partial charge on any atom is 0.308 e. The SMILES string of the molecule is CC(=O)Oc1cc(CO)c2c(c1C=Cc1ccccc1)C(=O)c1cc(OC3OC(C)C(O)C(O)(O)C3O)c(C)c(O)c1C2=O. The van der Waals surface area contributed by atoms with Crippen molar-refractivity contribution in [1.29, 1.82) is 0 Å². The van der Waals surface area contributed by atoms with Gasteiger partial charge >= 0.3 is 5.97 Å². The fourth-order valence-electron chi connectivity index (χ4n) is 5.33. The highest BCUT2D eigenvalue weighted by Gasteiger charge is 2.54. The van der Waals surface area contributed by atoms with Crippen LogP contribution in [0.1, 0.15) is 67.9 Å². The molecule has 230 valence electrons. The Morgan fingerprint density at radius 2 is 1.66 bits per heavy atom. The summed E-state index contributed by atoms with van der Waals surface area (Å²) in [5.74, 6) is -6.24. The summed E-state index contributed by atoms with van der Waals surface area (Å²) in [5, 5.41) is 62.2. The van der Waals surface area contributed by atoms with E-state index in [0.29, 0.717) is 0 Å². The molecule has 0 amide bonds. The summed E-state index contributed by atoms with van der Waals surface area (Å²) < 4.78 is 16.5. The predicted octanol–water partition coefficient (Wildman–Crippen LogP) is 1.59. The Bertz CT molecular complexity index is 1690. The van der Waals surface area contributed by atoms with Gasteiger partial charge in [-0.15, -0.1) is 0 Å². The van der Waals surface area contributed by atoms with Gasteiger partial charge in [0.05, 0.1) is 18.3 Å². The van der Waals surface area contributed by atoms with Crippen LogP contribution in [0.4, 0.5) is 0 Å². The van der Waals surface area contributed by atoms with Gasteiger partial charge in [-0.2, -0.15) is 0 Å². The first kappa shape index (κ1) is 31.0. The van der Waals surface area contributed by atoms with Gasteiger partial charge in [0.1, 0.15) is 23.4 Å². The van der Waals surface area contributed by atoms with Gasteiger partial charge in [-0.3, -0.25) is 14.4 Å². The van der Waals surface area contributed by atoms with Gasteiger partial charge in [-0.1, -0.05) is 36.4 Å². The first-order valence-electron chi connectivity index (χ1n) is 13.6. The predicted molar refractivity (Wildman–Crippen MR) is 153 cm³/mol. The molecule has 12 nitrogen and oxygen atoms in total. The summed E-state index contributed by atoms with van der Waals surface area (Å²) in [6.45, 7) is 3.14. The summed E-state index contributed by atoms with van der Waals surface area (Å²) in [4.78, 5) is 40.1. The van der Waals surface area contributed by atoms with Crippen LogP contribution in [-0.2, 0) is 16.1 Å². The van der Waals surface area contributed by atoms with Crippen molar-refractivity contribution in [3.05, 3.63) is 87.0 Å². The first-order valence-corrected chi connectivity index (χ1v) is 13.6. The number of benzene rings is 3. The van der Waals surface area contributed by atoms with E-state index in [4.69, 9.17) is 14.2 Å². The van der Waals surface area contributed by atoms with E-state index < -0.39 is 60.3 Å². The van der Waals surface area contributed by atoms with E-state index in [0.717, 1.165) is 18.6 Å². The molecule has 3 aromatic rings. The number of phenolic OH excluding ortho intramolecular Hbond substituents is 1. The molecule has 0 aromatic heterocycles. The van der Waals surface area contributed by atoms with Gasteiger partial charge in [0, 0.05) is 34.7 Å². The molecule has 1 aliphatic heterocycles. The average Bonchev–Trinajstić information content (AvgIpc) is 2.99. The van der Waals surface area contributed by atoms with Crippen LogP contribution >= 0.6 is 0 Å². The summed E-state index contributed by atoms with van der Waals surface area (Å²) in [5.41, 5.74) is -0.308. The standard InChI is InChI=1S/C32H30O12/c1-14-21(44-31-30(39)32(40,41)29(38)15(2)42-31)12-20-25(26(14)35)28(37)23-18(13-33)11-22(43-16(3)34)19(24(23)27(20)36)10-9-17-7-5-4-6-8-17/h4-12,15,29-31,33,35,38-41H,13H2,1-3H3. The van der Waals surface area contributed by atoms with Gasteiger partial charge in [0.25, 0.3) is 0 Å². The lowest BCUT2D eigenvalue weighted by Gasteiger charge is -2.43. The van der Waals surface area contributed by atoms with Crippen molar-refractivity contribution < 1.29 is 59.2 Å². The summed E-state index contributed by atoms with van der Waals surface area (Å²) in [7, 11) is 0. The van der Waals surface area contributed by atoms with Crippen LogP contribution in [0.2, 0.25) is 0 Å². The van der Waals surface area contributed by atoms with Gasteiger partial charge in [-0.25, -0.2) is 0 Å². The Morgan fingerprint density at radius 3 is 2.30 bits per heavy atom. The average molecular weight is 607 g/mol. The number of hydrogen-bond donors (Lipinski definition) is 6. The monoisotopic (exact) mass is 606 g/mol. The van der Waals surface area contributed by atoms with Crippen molar-refractivity contribution in [1.82, 2.24) is 0 Å². The van der Waals surface area contributed by atoms with Crippen LogP contribution in [0.15, 0.2) is 42.5 Å². The van der Waals surface area contributed by atoms with Gasteiger partial charge in [0.15, 0.2) is 17.7 Å². The number of ketones is 2. The van der Waals surface area contributed by atoms with Crippen molar-refractivity contribution in [2.24, 2.45) is 0 Å². The number of ether oxygens (including phenoxy) is 3. The Labute approximate surface area is 251 Å². The minimum absolute atomic E-state index is 0.0111. The molecule has 3 aromatic carbocycles. The zero-order valence-electron chi connectivity index (χ0n) is 23.8. The van der Waals surface area contributed by atoms with Gasteiger partial charge in [0.2, 0.25) is 12.1 Å². The van der Waals surface area contributed by atoms with Crippen molar-refractivity contribution in [2.75, 3.05) is 0 Å². The van der Waals surface area contributed by atoms with Crippen LogP contribution in [0.25, 0.3) is 12.2 Å². The second-order valence-electron chi connectivity index (χ2n) is 10.6. The Kier molecular flexibility index (Phi) is 8.16. The molecular weight excluding hydrogens is 576 g/mol. The summed E-state index contributed by atoms with van der Waals surface area (Å²) in [6, 6.07) is 11.4. The summed E-state index contributed by atoms with van der Waals surface area (Å²) >= 11 is 0. The van der Waals surface area contributed by atoms with E-state index >= 15 is 0 Å². The van der Waals surface area contributed by atoms with E-state index in [1.807, 2.05) is 6.07 Å². The van der Waals surface area contributed by atoms with Crippen LogP contribution < -0.4 is 9.47 Å². The number of carbonyl (C=O) groups is 3. The molecule has 5 rings (SSSR count). The Balaban J connectivity index is 1.67. The third-order valence-electron chi connectivity index (χ3n) is 7.67. The lowest BCUT2D eigenvalue weighted by Crippen LogP contribution is -2.66. The van der Waals surface area contributed by atoms with Crippen LogP contribution in [-0.4, -0.2) is 78.6 Å². The number of carbonyl (C=O) groups excluding carboxylic acids is 3. The fraction of sp³-hybridized carbons (Fsp3) is 0.281. The summed E-state index contributed by atoms with van der Waals surface area (Å²) in [6.07, 6.45) is -3.87. The van der Waals surface area contributed by atoms with E-state index in [1.54, 1.807) is 30.3 Å². The molecule has 1 fully saturated rings. The lowest BCUT2D eigenvalue weighted by molar-refractivity contribution is -0.371. The molecule has 12 heteroatoms. The van der Waals surface area contributed by atoms with Crippen LogP contribution in [0, 0.1) is 6.92 Å². The maximum absolute atomic E-state index is 14.2. The molecule has 6 N–H and O–H groups in total. The van der Waals surface area contributed by atoms with Crippen molar-refractivity contribution in [3.8, 4) is 17.2 Å². The maximum atomic E-state index is 14.2. The molecule has 1 saturated heterocycles. The molecular formula is C32H30O12. The third-order valence-corrected chi connectivity index (χ3v) is 7.67. The van der Waals surface area contributed by atoms with Crippen molar-refractivity contribution in [3.63, 3.8) is 0 Å². The largest absolute Gasteiger partial charge is 0.507 e. The Morgan fingerprint density at radius 1 is 0.977 bits per heavy atom. The molecule has 4 unspecified atom stereocenters. The highest BCUT2D eigenvalue weighted by atomic mass is 16.7.